The Bertz CT molecular complexity index is 973. The number of aliphatic imine (C=N–C) groups is 1. The van der Waals surface area contributed by atoms with Crippen molar-refractivity contribution in [2.45, 2.75) is 52.3 Å². The molecule has 6 heteroatoms. The maximum Gasteiger partial charge on any atom is 0.340 e. The summed E-state index contributed by atoms with van der Waals surface area (Å²) >= 11 is 0. The molecule has 1 aliphatic rings. The lowest BCUT2D eigenvalue weighted by Crippen LogP contribution is -2.35. The second kappa shape index (κ2) is 7.78. The van der Waals surface area contributed by atoms with Gasteiger partial charge in [-0.2, -0.15) is 0 Å². The highest BCUT2D eigenvalue weighted by atomic mass is 19.1. The van der Waals surface area contributed by atoms with Crippen LogP contribution >= 0.6 is 0 Å². The maximum absolute atomic E-state index is 15.4. The number of pyridine rings is 1. The number of nitrogens with one attached hydrogen (secondary N) is 1. The molecule has 0 spiro atoms. The van der Waals surface area contributed by atoms with Gasteiger partial charge in [0.2, 0.25) is 0 Å². The molecule has 1 aromatic carbocycles. The average molecular weight is 395 g/mol. The number of anilines is 1. The molecule has 1 N–H and O–H groups in total. The minimum atomic E-state index is -1.66. The Morgan fingerprint density at radius 1 is 1.21 bits per heavy atom. The highest BCUT2D eigenvalue weighted by Gasteiger charge is 2.35. The van der Waals surface area contributed by atoms with Crippen molar-refractivity contribution in [3.63, 3.8) is 0 Å². The number of rotatable bonds is 4. The van der Waals surface area contributed by atoms with E-state index >= 15 is 4.39 Å². The molecule has 0 bridgehead atoms. The van der Waals surface area contributed by atoms with Crippen LogP contribution in [0.4, 0.5) is 10.1 Å². The van der Waals surface area contributed by atoms with Crippen LogP contribution in [-0.4, -0.2) is 27.9 Å². The van der Waals surface area contributed by atoms with Gasteiger partial charge in [0.25, 0.3) is 0 Å². The first-order valence-electron chi connectivity index (χ1n) is 9.53. The van der Waals surface area contributed by atoms with Crippen molar-refractivity contribution < 1.29 is 13.9 Å². The number of alkyl halides is 1. The molecule has 0 saturated carbocycles. The summed E-state index contributed by atoms with van der Waals surface area (Å²) in [6.07, 6.45) is 4.95. The molecule has 2 aromatic rings. The van der Waals surface area contributed by atoms with Crippen molar-refractivity contribution in [2.75, 3.05) is 5.32 Å². The monoisotopic (exact) mass is 395 g/mol. The summed E-state index contributed by atoms with van der Waals surface area (Å²) in [5, 5.41) is 3.17. The van der Waals surface area contributed by atoms with Gasteiger partial charge in [-0.1, -0.05) is 11.6 Å². The zero-order valence-electron chi connectivity index (χ0n) is 17.4. The molecule has 0 amide bonds. The first kappa shape index (κ1) is 20.7. The van der Waals surface area contributed by atoms with Gasteiger partial charge in [0.15, 0.2) is 5.67 Å². The van der Waals surface area contributed by atoms with E-state index in [1.165, 1.54) is 6.92 Å². The van der Waals surface area contributed by atoms with E-state index in [2.05, 4.69) is 15.3 Å². The lowest BCUT2D eigenvalue weighted by atomic mass is 9.89. The van der Waals surface area contributed by atoms with Crippen LogP contribution in [0.5, 0.6) is 0 Å². The van der Waals surface area contributed by atoms with Crippen LogP contribution in [0.1, 0.15) is 55.6 Å². The predicted octanol–water partition coefficient (Wildman–Crippen LogP) is 5.22. The van der Waals surface area contributed by atoms with Gasteiger partial charge in [-0.05, 0) is 58.9 Å². The quantitative estimate of drug-likeness (QED) is 0.721. The number of halogens is 1. The number of hydrogen-bond acceptors (Lipinski definition) is 5. The van der Waals surface area contributed by atoms with Crippen molar-refractivity contribution >= 4 is 17.4 Å². The standard InChI is InChI=1S/C23H26FN3O2/c1-15-6-7-19(18(12-15)21(28)29-22(2,3)4)27-17-13-23(5,24)20(26-14-17)16-8-10-25-11-9-16/h6-12,14,27H,13H2,1-5H3. The Morgan fingerprint density at radius 2 is 1.90 bits per heavy atom. The molecular formula is C23H26FN3O2. The molecule has 0 saturated heterocycles. The Balaban J connectivity index is 1.90. The minimum Gasteiger partial charge on any atom is -0.456 e. The molecule has 2 heterocycles. The van der Waals surface area contributed by atoms with Crippen LogP contribution in [0.3, 0.4) is 0 Å². The summed E-state index contributed by atoms with van der Waals surface area (Å²) < 4.78 is 20.9. The summed E-state index contributed by atoms with van der Waals surface area (Å²) in [6.45, 7) is 8.87. The first-order valence-corrected chi connectivity index (χ1v) is 9.53. The largest absolute Gasteiger partial charge is 0.456 e. The summed E-state index contributed by atoms with van der Waals surface area (Å²) in [5.74, 6) is -0.427. The Hall–Kier alpha value is -3.02. The zero-order valence-corrected chi connectivity index (χ0v) is 17.4. The lowest BCUT2D eigenvalue weighted by molar-refractivity contribution is 0.00706. The second-order valence-corrected chi connectivity index (χ2v) is 8.42. The van der Waals surface area contributed by atoms with Crippen LogP contribution in [0.2, 0.25) is 0 Å². The van der Waals surface area contributed by atoms with E-state index < -0.39 is 17.2 Å². The highest BCUT2D eigenvalue weighted by molar-refractivity contribution is 6.07. The van der Waals surface area contributed by atoms with E-state index in [0.717, 1.165) is 5.56 Å². The average Bonchev–Trinajstić information content (AvgIpc) is 2.62. The van der Waals surface area contributed by atoms with Crippen molar-refractivity contribution in [3.05, 3.63) is 71.3 Å². The third-order valence-corrected chi connectivity index (χ3v) is 4.41. The number of nitrogens with zero attached hydrogens (tertiary/aromatic N) is 2. The Morgan fingerprint density at radius 3 is 2.52 bits per heavy atom. The predicted molar refractivity (Wildman–Crippen MR) is 113 cm³/mol. The van der Waals surface area contributed by atoms with Crippen LogP contribution in [-0.2, 0) is 4.74 Å². The molecule has 29 heavy (non-hydrogen) atoms. The van der Waals surface area contributed by atoms with Gasteiger partial charge in [0.05, 0.1) is 17.0 Å². The van der Waals surface area contributed by atoms with E-state index in [1.54, 1.807) is 42.9 Å². The van der Waals surface area contributed by atoms with Crippen LogP contribution in [0, 0.1) is 6.92 Å². The van der Waals surface area contributed by atoms with Gasteiger partial charge in [0, 0.05) is 36.3 Å². The fraction of sp³-hybridized carbons (Fsp3) is 0.348. The zero-order chi connectivity index (χ0) is 21.2. The van der Waals surface area contributed by atoms with Crippen LogP contribution in [0.15, 0.2) is 59.6 Å². The topological polar surface area (TPSA) is 63.6 Å². The van der Waals surface area contributed by atoms with Crippen molar-refractivity contribution in [1.29, 1.82) is 0 Å². The SMILES string of the molecule is Cc1ccc(NC2=CN=C(c3ccncc3)C(C)(F)C2)c(C(=O)OC(C)(C)C)c1. The second-order valence-electron chi connectivity index (χ2n) is 8.42. The molecule has 1 unspecified atom stereocenters. The molecular weight excluding hydrogens is 369 g/mol. The summed E-state index contributed by atoms with van der Waals surface area (Å²) in [4.78, 5) is 21.0. The molecule has 1 atom stereocenters. The number of aryl methyl sites for hydroxylation is 1. The van der Waals surface area contributed by atoms with Crippen molar-refractivity contribution in [3.8, 4) is 0 Å². The molecule has 3 rings (SSSR count). The smallest absolute Gasteiger partial charge is 0.340 e. The number of benzene rings is 1. The van der Waals surface area contributed by atoms with Gasteiger partial charge in [-0.3, -0.25) is 9.98 Å². The number of carbonyl (C=O) groups excluding carboxylic acids is 1. The number of esters is 1. The number of allylic oxidation sites excluding steroid dienone is 1. The number of ether oxygens (including phenoxy) is 1. The number of hydrogen-bond donors (Lipinski definition) is 1. The molecule has 0 aliphatic carbocycles. The Labute approximate surface area is 170 Å². The van der Waals surface area contributed by atoms with E-state index in [9.17, 15) is 4.79 Å². The van der Waals surface area contributed by atoms with Gasteiger partial charge in [-0.15, -0.1) is 0 Å². The molecule has 152 valence electrons. The first-order chi connectivity index (χ1) is 13.5. The van der Waals surface area contributed by atoms with Gasteiger partial charge >= 0.3 is 5.97 Å². The van der Waals surface area contributed by atoms with E-state index in [4.69, 9.17) is 4.74 Å². The molecule has 0 fully saturated rings. The Kier molecular flexibility index (Phi) is 5.55. The van der Waals surface area contributed by atoms with E-state index in [0.29, 0.717) is 28.2 Å². The maximum atomic E-state index is 15.4. The van der Waals surface area contributed by atoms with Crippen molar-refractivity contribution in [1.82, 2.24) is 4.98 Å². The highest BCUT2D eigenvalue weighted by Crippen LogP contribution is 2.32. The van der Waals surface area contributed by atoms with Gasteiger partial charge < -0.3 is 10.1 Å². The fourth-order valence-electron chi connectivity index (χ4n) is 3.17. The van der Waals surface area contributed by atoms with Crippen LogP contribution in [0.25, 0.3) is 0 Å². The number of aromatic nitrogens is 1. The van der Waals surface area contributed by atoms with Crippen molar-refractivity contribution in [2.24, 2.45) is 4.99 Å². The fourth-order valence-corrected chi connectivity index (χ4v) is 3.17. The normalized spacial score (nSPS) is 19.2. The summed E-state index contributed by atoms with van der Waals surface area (Å²) in [7, 11) is 0. The molecule has 1 aromatic heterocycles. The van der Waals surface area contributed by atoms with Gasteiger partial charge in [0.1, 0.15) is 5.60 Å². The third-order valence-electron chi connectivity index (χ3n) is 4.41. The van der Waals surface area contributed by atoms with Crippen LogP contribution < -0.4 is 5.32 Å². The summed E-state index contributed by atoms with van der Waals surface area (Å²) in [6, 6.07) is 8.93. The third kappa shape index (κ3) is 5.08. The molecule has 1 aliphatic heterocycles. The van der Waals surface area contributed by atoms with Gasteiger partial charge in [-0.25, -0.2) is 9.18 Å². The lowest BCUT2D eigenvalue weighted by Gasteiger charge is -2.28. The number of carbonyl (C=O) groups is 1. The summed E-state index contributed by atoms with van der Waals surface area (Å²) in [5.41, 5.74) is 1.29. The molecule has 0 radical (unpaired) electrons. The molecule has 5 nitrogen and oxygen atoms in total. The van der Waals surface area contributed by atoms with E-state index in [1.807, 2.05) is 33.8 Å². The van der Waals surface area contributed by atoms with E-state index in [-0.39, 0.29) is 6.42 Å². The minimum absolute atomic E-state index is 0.107.